The van der Waals surface area contributed by atoms with Gasteiger partial charge in [0.15, 0.2) is 5.96 Å². The van der Waals surface area contributed by atoms with Gasteiger partial charge < -0.3 is 20.9 Å². The zero-order valence-corrected chi connectivity index (χ0v) is 17.8. The van der Waals surface area contributed by atoms with Crippen LogP contribution in [0.3, 0.4) is 0 Å². The van der Waals surface area contributed by atoms with Crippen molar-refractivity contribution in [3.8, 4) is 0 Å². The second kappa shape index (κ2) is 10.8. The molecule has 2 aromatic carbocycles. The lowest BCUT2D eigenvalue weighted by atomic mass is 10.2. The van der Waals surface area contributed by atoms with E-state index in [0.717, 1.165) is 30.3 Å². The largest absolute Gasteiger partial charge is 0.360 e. The molecular weight excluding hydrogens is 453 g/mol. The van der Waals surface area contributed by atoms with E-state index < -0.39 is 0 Å². The number of carbonyl (C=O) groups excluding carboxylic acids is 1. The molecule has 1 fully saturated rings. The average molecular weight is 479 g/mol. The van der Waals surface area contributed by atoms with Crippen molar-refractivity contribution in [3.63, 3.8) is 0 Å². The van der Waals surface area contributed by atoms with E-state index in [1.54, 1.807) is 7.05 Å². The third kappa shape index (κ3) is 6.42. The fraction of sp³-hybridized carbons (Fsp3) is 0.300. The third-order valence-corrected chi connectivity index (χ3v) is 4.33. The van der Waals surface area contributed by atoms with Crippen molar-refractivity contribution < 1.29 is 4.79 Å². The van der Waals surface area contributed by atoms with E-state index in [2.05, 4.69) is 62.2 Å². The summed E-state index contributed by atoms with van der Waals surface area (Å²) in [4.78, 5) is 17.9. The maximum atomic E-state index is 11.5. The number of guanidine groups is 1. The van der Waals surface area contributed by atoms with Crippen molar-refractivity contribution in [1.82, 2.24) is 16.0 Å². The Balaban J connectivity index is 0.00000261. The van der Waals surface area contributed by atoms with Crippen molar-refractivity contribution in [1.29, 1.82) is 0 Å². The van der Waals surface area contributed by atoms with Crippen LogP contribution in [-0.4, -0.2) is 38.5 Å². The number of benzene rings is 2. The zero-order valence-electron chi connectivity index (χ0n) is 15.4. The average Bonchev–Trinajstić information content (AvgIpc) is 2.69. The van der Waals surface area contributed by atoms with Crippen LogP contribution >= 0.6 is 24.0 Å². The van der Waals surface area contributed by atoms with Crippen LogP contribution in [0.1, 0.15) is 11.1 Å². The molecule has 144 valence electrons. The SMILES string of the molecule is CN=C(NCc1ccccc1)NCc1ccc(N2CCNC(=O)C2)cc1.I. The summed E-state index contributed by atoms with van der Waals surface area (Å²) in [6.07, 6.45) is 0. The number of hydrogen-bond donors (Lipinski definition) is 3. The number of rotatable bonds is 5. The number of anilines is 1. The van der Waals surface area contributed by atoms with Gasteiger partial charge in [0, 0.05) is 38.9 Å². The molecule has 0 atom stereocenters. The van der Waals surface area contributed by atoms with Crippen molar-refractivity contribution in [3.05, 3.63) is 65.7 Å². The van der Waals surface area contributed by atoms with Gasteiger partial charge in [0.1, 0.15) is 0 Å². The second-order valence-corrected chi connectivity index (χ2v) is 6.20. The zero-order chi connectivity index (χ0) is 18.2. The van der Waals surface area contributed by atoms with Gasteiger partial charge in [0.2, 0.25) is 5.91 Å². The lowest BCUT2D eigenvalue weighted by Crippen LogP contribution is -2.47. The van der Waals surface area contributed by atoms with Crippen molar-refractivity contribution in [2.24, 2.45) is 4.99 Å². The van der Waals surface area contributed by atoms with Crippen molar-refractivity contribution in [2.75, 3.05) is 31.6 Å². The number of halogens is 1. The minimum atomic E-state index is 0. The third-order valence-electron chi connectivity index (χ3n) is 4.33. The summed E-state index contributed by atoms with van der Waals surface area (Å²) < 4.78 is 0. The Morgan fingerprint density at radius 2 is 1.67 bits per heavy atom. The van der Waals surface area contributed by atoms with Crippen LogP contribution in [-0.2, 0) is 17.9 Å². The standard InChI is InChI=1S/C20H25N5O.HI/c1-21-20(23-13-16-5-3-2-4-6-16)24-14-17-7-9-18(10-8-17)25-12-11-22-19(26)15-25;/h2-10H,11-15H2,1H3,(H,22,26)(H2,21,23,24);1H. The maximum Gasteiger partial charge on any atom is 0.239 e. The Kier molecular flexibility index (Phi) is 8.38. The van der Waals surface area contributed by atoms with Gasteiger partial charge in [-0.2, -0.15) is 0 Å². The fourth-order valence-electron chi connectivity index (χ4n) is 2.87. The van der Waals surface area contributed by atoms with Crippen LogP contribution < -0.4 is 20.9 Å². The first-order valence-corrected chi connectivity index (χ1v) is 8.83. The van der Waals surface area contributed by atoms with E-state index >= 15 is 0 Å². The van der Waals surface area contributed by atoms with Gasteiger partial charge in [0.25, 0.3) is 0 Å². The molecule has 3 N–H and O–H groups in total. The first-order chi connectivity index (χ1) is 12.7. The molecular formula is C20H26IN5O. The summed E-state index contributed by atoms with van der Waals surface area (Å²) in [7, 11) is 1.77. The Bertz CT molecular complexity index is 749. The predicted molar refractivity (Wildman–Crippen MR) is 121 cm³/mol. The lowest BCUT2D eigenvalue weighted by molar-refractivity contribution is -0.120. The first-order valence-electron chi connectivity index (χ1n) is 8.83. The Labute approximate surface area is 177 Å². The summed E-state index contributed by atoms with van der Waals surface area (Å²) in [6, 6.07) is 18.5. The molecule has 1 aliphatic rings. The summed E-state index contributed by atoms with van der Waals surface area (Å²) in [5, 5.41) is 9.48. The molecule has 6 nitrogen and oxygen atoms in total. The van der Waals surface area contributed by atoms with Crippen LogP contribution in [0.15, 0.2) is 59.6 Å². The number of amides is 1. The van der Waals surface area contributed by atoms with Gasteiger partial charge in [-0.05, 0) is 23.3 Å². The van der Waals surface area contributed by atoms with Crippen LogP contribution in [0.4, 0.5) is 5.69 Å². The van der Waals surface area contributed by atoms with Crippen LogP contribution in [0, 0.1) is 0 Å². The van der Waals surface area contributed by atoms with Gasteiger partial charge in [-0.25, -0.2) is 0 Å². The van der Waals surface area contributed by atoms with E-state index in [4.69, 9.17) is 0 Å². The Morgan fingerprint density at radius 1 is 1.04 bits per heavy atom. The molecule has 0 aliphatic carbocycles. The molecule has 1 heterocycles. The Morgan fingerprint density at radius 3 is 2.26 bits per heavy atom. The molecule has 2 aromatic rings. The number of aliphatic imine (C=N–C) groups is 1. The van der Waals surface area contributed by atoms with E-state index in [1.807, 2.05) is 18.2 Å². The second-order valence-electron chi connectivity index (χ2n) is 6.20. The summed E-state index contributed by atoms with van der Waals surface area (Å²) in [6.45, 7) is 3.39. The van der Waals surface area contributed by atoms with E-state index in [9.17, 15) is 4.79 Å². The summed E-state index contributed by atoms with van der Waals surface area (Å²) in [5.74, 6) is 0.848. The quantitative estimate of drug-likeness (QED) is 0.349. The van der Waals surface area contributed by atoms with Gasteiger partial charge in [-0.1, -0.05) is 42.5 Å². The highest BCUT2D eigenvalue weighted by atomic mass is 127. The summed E-state index contributed by atoms with van der Waals surface area (Å²) in [5.41, 5.74) is 3.46. The van der Waals surface area contributed by atoms with E-state index in [1.165, 1.54) is 5.56 Å². The van der Waals surface area contributed by atoms with E-state index in [0.29, 0.717) is 19.6 Å². The van der Waals surface area contributed by atoms with Gasteiger partial charge in [0.05, 0.1) is 6.54 Å². The minimum absolute atomic E-state index is 0. The number of nitrogens with zero attached hydrogens (tertiary/aromatic N) is 2. The monoisotopic (exact) mass is 479 g/mol. The van der Waals surface area contributed by atoms with E-state index in [-0.39, 0.29) is 29.9 Å². The molecule has 1 aliphatic heterocycles. The molecule has 0 unspecified atom stereocenters. The Hall–Kier alpha value is -2.29. The smallest absolute Gasteiger partial charge is 0.239 e. The number of piperazine rings is 1. The molecule has 0 saturated carbocycles. The molecule has 1 amide bonds. The molecule has 0 spiro atoms. The highest BCUT2D eigenvalue weighted by Crippen LogP contribution is 2.16. The molecule has 27 heavy (non-hydrogen) atoms. The van der Waals surface area contributed by atoms with Crippen LogP contribution in [0.5, 0.6) is 0 Å². The van der Waals surface area contributed by atoms with Crippen LogP contribution in [0.25, 0.3) is 0 Å². The molecule has 3 rings (SSSR count). The highest BCUT2D eigenvalue weighted by Gasteiger charge is 2.16. The first kappa shape index (κ1) is 21.0. The number of hydrogen-bond acceptors (Lipinski definition) is 3. The molecule has 0 bridgehead atoms. The van der Waals surface area contributed by atoms with Gasteiger partial charge in [-0.3, -0.25) is 9.79 Å². The molecule has 1 saturated heterocycles. The molecule has 0 radical (unpaired) electrons. The fourth-order valence-corrected chi connectivity index (χ4v) is 2.87. The topological polar surface area (TPSA) is 68.8 Å². The van der Waals surface area contributed by atoms with Crippen molar-refractivity contribution in [2.45, 2.75) is 13.1 Å². The minimum Gasteiger partial charge on any atom is -0.360 e. The normalized spacial score (nSPS) is 14.2. The van der Waals surface area contributed by atoms with Gasteiger partial charge >= 0.3 is 0 Å². The van der Waals surface area contributed by atoms with Crippen molar-refractivity contribution >= 4 is 41.5 Å². The highest BCUT2D eigenvalue weighted by molar-refractivity contribution is 14.0. The van der Waals surface area contributed by atoms with Gasteiger partial charge in [-0.15, -0.1) is 24.0 Å². The predicted octanol–water partition coefficient (Wildman–Crippen LogP) is 2.11. The molecule has 7 heteroatoms. The van der Waals surface area contributed by atoms with Crippen LogP contribution in [0.2, 0.25) is 0 Å². The number of nitrogens with one attached hydrogen (secondary N) is 3. The lowest BCUT2D eigenvalue weighted by Gasteiger charge is -2.28. The summed E-state index contributed by atoms with van der Waals surface area (Å²) >= 11 is 0. The molecule has 0 aromatic heterocycles. The number of carbonyl (C=O) groups is 1. The maximum absolute atomic E-state index is 11.5.